The van der Waals surface area contributed by atoms with Gasteiger partial charge in [0.15, 0.2) is 0 Å². The predicted molar refractivity (Wildman–Crippen MR) is 108 cm³/mol. The summed E-state index contributed by atoms with van der Waals surface area (Å²) in [4.78, 5) is 11.2. The number of carbonyl (C=O) groups is 1. The molecule has 0 fully saturated rings. The van der Waals surface area contributed by atoms with E-state index < -0.39 is 12.1 Å². The van der Waals surface area contributed by atoms with Crippen molar-refractivity contribution in [2.75, 3.05) is 6.61 Å². The fourth-order valence-corrected chi connectivity index (χ4v) is 4.22. The molecule has 2 N–H and O–H groups in total. The van der Waals surface area contributed by atoms with E-state index in [0.29, 0.717) is 18.6 Å². The molecule has 0 bridgehead atoms. The van der Waals surface area contributed by atoms with Gasteiger partial charge in [0, 0.05) is 5.56 Å². The fraction of sp³-hybridized carbons (Fsp3) is 0.435. The van der Waals surface area contributed by atoms with E-state index in [-0.39, 0.29) is 11.2 Å². The SMILES string of the molecule is CCCOc1c(C)cc(-c2cc3c(cc2F)[C@H](NC(=O)O)C(C)(C)C3)cc1C. The summed E-state index contributed by atoms with van der Waals surface area (Å²) in [5.74, 6) is 0.522. The number of carboxylic acid groups (broad SMARTS) is 1. The molecular formula is C23H28FNO3. The number of rotatable bonds is 5. The standard InChI is InChI=1S/C23H28FNO3/c1-6-7-28-20-13(2)8-15(9-14(20)3)17-10-16-12-23(4,5)21(25-22(26)27)18(16)11-19(17)24/h8-11,21,25H,6-7,12H2,1-5H3,(H,26,27)/t21-/m0/s1. The minimum atomic E-state index is -1.09. The molecule has 0 saturated heterocycles. The van der Waals surface area contributed by atoms with Crippen molar-refractivity contribution < 1.29 is 19.0 Å². The average molecular weight is 385 g/mol. The highest BCUT2D eigenvalue weighted by Gasteiger charge is 2.40. The third-order valence-corrected chi connectivity index (χ3v) is 5.46. The smallest absolute Gasteiger partial charge is 0.405 e. The maximum Gasteiger partial charge on any atom is 0.405 e. The third-order valence-electron chi connectivity index (χ3n) is 5.46. The van der Waals surface area contributed by atoms with Crippen LogP contribution in [0.2, 0.25) is 0 Å². The molecule has 1 atom stereocenters. The molecule has 0 radical (unpaired) electrons. The maximum atomic E-state index is 15.1. The summed E-state index contributed by atoms with van der Waals surface area (Å²) >= 11 is 0. The van der Waals surface area contributed by atoms with Crippen LogP contribution in [-0.2, 0) is 6.42 Å². The lowest BCUT2D eigenvalue weighted by Gasteiger charge is -2.27. The van der Waals surface area contributed by atoms with Gasteiger partial charge in [0.2, 0.25) is 0 Å². The van der Waals surface area contributed by atoms with Gasteiger partial charge in [-0.05, 0) is 84.2 Å². The van der Waals surface area contributed by atoms with Crippen LogP contribution in [0.15, 0.2) is 24.3 Å². The van der Waals surface area contributed by atoms with Crippen molar-refractivity contribution in [1.82, 2.24) is 5.32 Å². The van der Waals surface area contributed by atoms with E-state index in [9.17, 15) is 4.79 Å². The first-order chi connectivity index (χ1) is 13.1. The molecule has 1 aliphatic carbocycles. The quantitative estimate of drug-likeness (QED) is 0.685. The second-order valence-corrected chi connectivity index (χ2v) is 8.37. The van der Waals surface area contributed by atoms with Crippen molar-refractivity contribution in [2.45, 2.75) is 53.5 Å². The Morgan fingerprint density at radius 3 is 2.46 bits per heavy atom. The van der Waals surface area contributed by atoms with Crippen molar-refractivity contribution in [3.05, 3.63) is 52.3 Å². The van der Waals surface area contributed by atoms with Gasteiger partial charge < -0.3 is 15.2 Å². The number of nitrogens with one attached hydrogen (secondary N) is 1. The normalized spacial score (nSPS) is 17.3. The fourth-order valence-electron chi connectivity index (χ4n) is 4.22. The lowest BCUT2D eigenvalue weighted by molar-refractivity contribution is 0.175. The van der Waals surface area contributed by atoms with Crippen LogP contribution in [0.3, 0.4) is 0 Å². The molecule has 4 nitrogen and oxygen atoms in total. The summed E-state index contributed by atoms with van der Waals surface area (Å²) in [6.07, 6.45) is 0.529. The summed E-state index contributed by atoms with van der Waals surface area (Å²) < 4.78 is 20.9. The van der Waals surface area contributed by atoms with Crippen LogP contribution in [0.5, 0.6) is 5.75 Å². The molecule has 3 rings (SSSR count). The third kappa shape index (κ3) is 3.71. The Kier molecular flexibility index (Phi) is 5.37. The highest BCUT2D eigenvalue weighted by molar-refractivity contribution is 5.71. The highest BCUT2D eigenvalue weighted by Crippen LogP contribution is 2.47. The lowest BCUT2D eigenvalue weighted by Crippen LogP contribution is -2.34. The van der Waals surface area contributed by atoms with E-state index in [0.717, 1.165) is 40.0 Å². The second kappa shape index (κ2) is 7.46. The number of hydrogen-bond acceptors (Lipinski definition) is 2. The number of halogens is 1. The largest absolute Gasteiger partial charge is 0.493 e. The van der Waals surface area contributed by atoms with Gasteiger partial charge in [0.25, 0.3) is 0 Å². The first kappa shape index (κ1) is 20.2. The number of fused-ring (bicyclic) bond motifs is 1. The Balaban J connectivity index is 2.03. The zero-order valence-electron chi connectivity index (χ0n) is 17.1. The molecule has 1 amide bonds. The van der Waals surface area contributed by atoms with Gasteiger partial charge >= 0.3 is 6.09 Å². The van der Waals surface area contributed by atoms with Crippen LogP contribution in [-0.4, -0.2) is 17.8 Å². The van der Waals surface area contributed by atoms with Crippen LogP contribution in [0.1, 0.15) is 55.5 Å². The van der Waals surface area contributed by atoms with Crippen LogP contribution in [0.25, 0.3) is 11.1 Å². The summed E-state index contributed by atoms with van der Waals surface area (Å²) in [6, 6.07) is 6.85. The zero-order valence-corrected chi connectivity index (χ0v) is 17.1. The zero-order chi connectivity index (χ0) is 20.6. The molecule has 0 aromatic heterocycles. The molecule has 150 valence electrons. The Morgan fingerprint density at radius 1 is 1.25 bits per heavy atom. The highest BCUT2D eigenvalue weighted by atomic mass is 19.1. The van der Waals surface area contributed by atoms with Gasteiger partial charge in [-0.1, -0.05) is 20.8 Å². The number of amides is 1. The molecule has 5 heteroatoms. The van der Waals surface area contributed by atoms with Crippen LogP contribution in [0, 0.1) is 25.1 Å². The molecule has 0 heterocycles. The number of benzene rings is 2. The molecule has 1 aliphatic rings. The maximum absolute atomic E-state index is 15.1. The first-order valence-electron chi connectivity index (χ1n) is 9.70. The summed E-state index contributed by atoms with van der Waals surface area (Å²) in [5, 5.41) is 11.7. The summed E-state index contributed by atoms with van der Waals surface area (Å²) in [5.41, 5.74) is 4.72. The van der Waals surface area contributed by atoms with E-state index in [2.05, 4.69) is 12.2 Å². The Hall–Kier alpha value is -2.56. The Labute approximate surface area is 165 Å². The van der Waals surface area contributed by atoms with E-state index in [4.69, 9.17) is 9.84 Å². The minimum Gasteiger partial charge on any atom is -0.493 e. The van der Waals surface area contributed by atoms with Gasteiger partial charge in [-0.15, -0.1) is 0 Å². The molecule has 0 spiro atoms. The van der Waals surface area contributed by atoms with Gasteiger partial charge in [-0.25, -0.2) is 9.18 Å². The van der Waals surface area contributed by atoms with Crippen LogP contribution >= 0.6 is 0 Å². The number of aryl methyl sites for hydroxylation is 2. The topological polar surface area (TPSA) is 58.6 Å². The predicted octanol–water partition coefficient (Wildman–Crippen LogP) is 5.79. The van der Waals surface area contributed by atoms with Crippen LogP contribution < -0.4 is 10.1 Å². The van der Waals surface area contributed by atoms with Crippen molar-refractivity contribution >= 4 is 6.09 Å². The summed E-state index contributed by atoms with van der Waals surface area (Å²) in [7, 11) is 0. The van der Waals surface area contributed by atoms with Gasteiger partial charge in [0.1, 0.15) is 11.6 Å². The molecule has 0 aliphatic heterocycles. The second-order valence-electron chi connectivity index (χ2n) is 8.37. The Bertz CT molecular complexity index is 897. The molecule has 2 aromatic carbocycles. The Morgan fingerprint density at radius 2 is 1.89 bits per heavy atom. The lowest BCUT2D eigenvalue weighted by atomic mass is 9.85. The molecule has 0 unspecified atom stereocenters. The van der Waals surface area contributed by atoms with E-state index >= 15 is 4.39 Å². The van der Waals surface area contributed by atoms with E-state index in [1.54, 1.807) is 0 Å². The van der Waals surface area contributed by atoms with Gasteiger partial charge in [-0.3, -0.25) is 0 Å². The van der Waals surface area contributed by atoms with Crippen molar-refractivity contribution in [2.24, 2.45) is 5.41 Å². The van der Waals surface area contributed by atoms with Crippen molar-refractivity contribution in [3.8, 4) is 16.9 Å². The van der Waals surface area contributed by atoms with Gasteiger partial charge in [0.05, 0.1) is 12.6 Å². The molecule has 0 saturated carbocycles. The molecule has 2 aromatic rings. The summed E-state index contributed by atoms with van der Waals surface area (Å²) in [6.45, 7) is 10.7. The number of hydrogen-bond donors (Lipinski definition) is 2. The van der Waals surface area contributed by atoms with Gasteiger partial charge in [-0.2, -0.15) is 0 Å². The van der Waals surface area contributed by atoms with E-state index in [1.807, 2.05) is 45.9 Å². The molecule has 28 heavy (non-hydrogen) atoms. The molecular weight excluding hydrogens is 357 g/mol. The first-order valence-corrected chi connectivity index (χ1v) is 9.70. The average Bonchev–Trinajstić information content (AvgIpc) is 2.83. The van der Waals surface area contributed by atoms with Crippen LogP contribution in [0.4, 0.5) is 9.18 Å². The monoisotopic (exact) mass is 385 g/mol. The van der Waals surface area contributed by atoms with Crippen molar-refractivity contribution in [3.63, 3.8) is 0 Å². The van der Waals surface area contributed by atoms with E-state index in [1.165, 1.54) is 6.07 Å². The minimum absolute atomic E-state index is 0.310. The number of ether oxygens (including phenoxy) is 1. The van der Waals surface area contributed by atoms with Crippen molar-refractivity contribution in [1.29, 1.82) is 0 Å².